The zero-order valence-electron chi connectivity index (χ0n) is 10.3. The van der Waals surface area contributed by atoms with Gasteiger partial charge in [-0.1, -0.05) is 6.07 Å². The van der Waals surface area contributed by atoms with Gasteiger partial charge in [-0.2, -0.15) is 0 Å². The molecule has 0 radical (unpaired) electrons. The van der Waals surface area contributed by atoms with Crippen LogP contribution in [0.25, 0.3) is 6.08 Å². The van der Waals surface area contributed by atoms with E-state index in [1.165, 1.54) is 12.1 Å². The molecule has 98 valence electrons. The van der Waals surface area contributed by atoms with Crippen molar-refractivity contribution >= 4 is 23.7 Å². The Hall–Kier alpha value is -2.70. The second-order valence-corrected chi connectivity index (χ2v) is 4.16. The first kappa shape index (κ1) is 12.7. The number of nitro benzene ring substituents is 1. The number of urea groups is 1. The molecule has 19 heavy (non-hydrogen) atoms. The molecule has 0 aliphatic carbocycles. The Balaban J connectivity index is 2.59. The third-order valence-corrected chi connectivity index (χ3v) is 2.97. The summed E-state index contributed by atoms with van der Waals surface area (Å²) in [7, 11) is 0. The number of benzene rings is 1. The van der Waals surface area contributed by atoms with E-state index in [2.05, 4.69) is 5.32 Å². The molecular weight excluding hydrogens is 250 g/mol. The van der Waals surface area contributed by atoms with E-state index in [0.717, 1.165) is 5.56 Å². The Kier molecular flexibility index (Phi) is 3.04. The average Bonchev–Trinajstić information content (AvgIpc) is 2.63. The maximum atomic E-state index is 11.4. The number of hydrogen-bond donors (Lipinski definition) is 2. The summed E-state index contributed by atoms with van der Waals surface area (Å²) in [5.41, 5.74) is 1.77. The minimum absolute atomic E-state index is 0.00167. The topological polar surface area (TPSA) is 101 Å². The highest BCUT2D eigenvalue weighted by atomic mass is 16.6. The number of carbonyl (C=O) groups excluding carboxylic acids is 2. The Morgan fingerprint density at radius 1 is 1.21 bits per heavy atom. The Labute approximate surface area is 108 Å². The second kappa shape index (κ2) is 4.52. The zero-order valence-corrected chi connectivity index (χ0v) is 10.3. The van der Waals surface area contributed by atoms with Gasteiger partial charge in [0, 0.05) is 6.07 Å². The maximum absolute atomic E-state index is 11.4. The molecule has 0 unspecified atom stereocenters. The number of amides is 3. The van der Waals surface area contributed by atoms with Crippen LogP contribution in [0, 0.1) is 24.0 Å². The molecule has 0 bridgehead atoms. The number of nitro groups is 1. The van der Waals surface area contributed by atoms with Crippen LogP contribution in [0.2, 0.25) is 0 Å². The minimum atomic E-state index is -0.635. The van der Waals surface area contributed by atoms with E-state index in [9.17, 15) is 19.7 Å². The number of nitrogens with one attached hydrogen (secondary N) is 2. The van der Waals surface area contributed by atoms with Gasteiger partial charge < -0.3 is 5.32 Å². The average molecular weight is 261 g/mol. The fourth-order valence-corrected chi connectivity index (χ4v) is 1.79. The van der Waals surface area contributed by atoms with Crippen LogP contribution in [0.4, 0.5) is 10.5 Å². The highest BCUT2D eigenvalue weighted by molar-refractivity contribution is 6.14. The Morgan fingerprint density at radius 2 is 1.89 bits per heavy atom. The summed E-state index contributed by atoms with van der Waals surface area (Å²) in [6.45, 7) is 3.54. The number of aryl methyl sites for hydroxylation is 1. The van der Waals surface area contributed by atoms with Gasteiger partial charge in [-0.05, 0) is 31.1 Å². The lowest BCUT2D eigenvalue weighted by atomic mass is 10.0. The highest BCUT2D eigenvalue weighted by Crippen LogP contribution is 2.27. The molecule has 7 heteroatoms. The van der Waals surface area contributed by atoms with Crippen LogP contribution in [0.1, 0.15) is 16.7 Å². The van der Waals surface area contributed by atoms with Gasteiger partial charge in [0.25, 0.3) is 11.6 Å². The van der Waals surface area contributed by atoms with Crippen LogP contribution in [-0.4, -0.2) is 16.9 Å². The van der Waals surface area contributed by atoms with E-state index in [0.29, 0.717) is 11.1 Å². The largest absolute Gasteiger partial charge is 0.326 e. The predicted molar refractivity (Wildman–Crippen MR) is 67.2 cm³/mol. The highest BCUT2D eigenvalue weighted by Gasteiger charge is 2.25. The number of rotatable bonds is 2. The lowest BCUT2D eigenvalue weighted by Gasteiger charge is -2.06. The number of imide groups is 1. The van der Waals surface area contributed by atoms with Gasteiger partial charge in [-0.15, -0.1) is 0 Å². The van der Waals surface area contributed by atoms with Crippen molar-refractivity contribution in [1.82, 2.24) is 10.6 Å². The van der Waals surface area contributed by atoms with E-state index in [4.69, 9.17) is 0 Å². The van der Waals surface area contributed by atoms with Crippen molar-refractivity contribution < 1.29 is 14.5 Å². The summed E-state index contributed by atoms with van der Waals surface area (Å²) in [6, 6.07) is 2.39. The molecule has 1 aromatic rings. The van der Waals surface area contributed by atoms with Crippen LogP contribution in [0.5, 0.6) is 0 Å². The fourth-order valence-electron chi connectivity index (χ4n) is 1.79. The molecule has 0 spiro atoms. The van der Waals surface area contributed by atoms with Crippen molar-refractivity contribution in [1.29, 1.82) is 0 Å². The van der Waals surface area contributed by atoms with E-state index in [1.807, 2.05) is 12.2 Å². The normalized spacial score (nSPS) is 16.4. The molecule has 1 aliphatic heterocycles. The summed E-state index contributed by atoms with van der Waals surface area (Å²) in [6.07, 6.45) is 1.32. The molecule has 1 fully saturated rings. The SMILES string of the molecule is Cc1ccc([N+](=O)[O-])c(/C=C2/NC(=O)NC2=O)c1C. The number of carbonyl (C=O) groups is 2. The summed E-state index contributed by atoms with van der Waals surface area (Å²) in [5, 5.41) is 15.3. The molecule has 1 aliphatic rings. The van der Waals surface area contributed by atoms with Gasteiger partial charge in [0.1, 0.15) is 5.70 Å². The molecule has 0 atom stereocenters. The summed E-state index contributed by atoms with van der Waals surface area (Å²) in [5.74, 6) is -0.597. The fraction of sp³-hybridized carbons (Fsp3) is 0.167. The van der Waals surface area contributed by atoms with Gasteiger partial charge in [0.15, 0.2) is 0 Å². The number of hydrogen-bond acceptors (Lipinski definition) is 4. The van der Waals surface area contributed by atoms with Gasteiger partial charge in [0.2, 0.25) is 0 Å². The quantitative estimate of drug-likeness (QED) is 0.363. The molecule has 1 saturated heterocycles. The predicted octanol–water partition coefficient (Wildman–Crippen LogP) is 1.39. The standard InChI is InChI=1S/C12H11N3O4/c1-6-3-4-10(15(18)19)8(7(6)2)5-9-11(16)14-12(17)13-9/h3-5H,1-2H3,(H2,13,14,16,17)/b9-5+. The van der Waals surface area contributed by atoms with Crippen LogP contribution in [-0.2, 0) is 4.79 Å². The molecule has 7 nitrogen and oxygen atoms in total. The smallest absolute Gasteiger partial charge is 0.303 e. The van der Waals surface area contributed by atoms with Crippen molar-refractivity contribution in [2.45, 2.75) is 13.8 Å². The van der Waals surface area contributed by atoms with Gasteiger partial charge in [0.05, 0.1) is 10.5 Å². The molecule has 1 aromatic carbocycles. The lowest BCUT2D eigenvalue weighted by molar-refractivity contribution is -0.385. The summed E-state index contributed by atoms with van der Waals surface area (Å²) < 4.78 is 0. The van der Waals surface area contributed by atoms with Gasteiger partial charge in [-0.25, -0.2) is 4.79 Å². The molecule has 3 amide bonds. The monoisotopic (exact) mass is 261 g/mol. The van der Waals surface area contributed by atoms with Crippen molar-refractivity contribution in [3.05, 3.63) is 44.6 Å². The minimum Gasteiger partial charge on any atom is -0.303 e. The third-order valence-electron chi connectivity index (χ3n) is 2.97. The van der Waals surface area contributed by atoms with E-state index < -0.39 is 16.9 Å². The van der Waals surface area contributed by atoms with E-state index in [-0.39, 0.29) is 11.4 Å². The van der Waals surface area contributed by atoms with Crippen molar-refractivity contribution in [3.8, 4) is 0 Å². The summed E-state index contributed by atoms with van der Waals surface area (Å²) in [4.78, 5) is 32.9. The molecule has 1 heterocycles. The molecular formula is C12H11N3O4. The van der Waals surface area contributed by atoms with Crippen LogP contribution in [0.3, 0.4) is 0 Å². The second-order valence-electron chi connectivity index (χ2n) is 4.16. The van der Waals surface area contributed by atoms with Crippen molar-refractivity contribution in [3.63, 3.8) is 0 Å². The van der Waals surface area contributed by atoms with Crippen LogP contribution >= 0.6 is 0 Å². The van der Waals surface area contributed by atoms with E-state index in [1.54, 1.807) is 13.0 Å². The molecule has 0 saturated carbocycles. The van der Waals surface area contributed by atoms with Crippen LogP contribution in [0.15, 0.2) is 17.8 Å². The molecule has 0 aromatic heterocycles. The maximum Gasteiger partial charge on any atom is 0.326 e. The Morgan fingerprint density at radius 3 is 2.42 bits per heavy atom. The zero-order chi connectivity index (χ0) is 14.2. The third kappa shape index (κ3) is 2.30. The van der Waals surface area contributed by atoms with Crippen molar-refractivity contribution in [2.24, 2.45) is 0 Å². The first-order valence-corrected chi connectivity index (χ1v) is 5.49. The summed E-state index contributed by atoms with van der Waals surface area (Å²) >= 11 is 0. The van der Waals surface area contributed by atoms with Gasteiger partial charge in [-0.3, -0.25) is 20.2 Å². The number of nitrogens with zero attached hydrogens (tertiary/aromatic N) is 1. The first-order valence-electron chi connectivity index (χ1n) is 5.49. The molecule has 2 N–H and O–H groups in total. The lowest BCUT2D eigenvalue weighted by Crippen LogP contribution is -2.22. The Bertz CT molecular complexity index is 634. The van der Waals surface area contributed by atoms with Gasteiger partial charge >= 0.3 is 6.03 Å². The van der Waals surface area contributed by atoms with Crippen LogP contribution < -0.4 is 10.6 Å². The van der Waals surface area contributed by atoms with Crippen molar-refractivity contribution in [2.75, 3.05) is 0 Å². The molecule has 2 rings (SSSR count). The van der Waals surface area contributed by atoms with E-state index >= 15 is 0 Å². The first-order chi connectivity index (χ1) is 8.90.